The van der Waals surface area contributed by atoms with E-state index in [0.717, 1.165) is 37.7 Å². The molecule has 9 heteroatoms. The lowest BCUT2D eigenvalue weighted by atomic mass is 9.42. The molecule has 3 rings (SSSR count). The van der Waals surface area contributed by atoms with Crippen LogP contribution >= 0.6 is 0 Å². The molecule has 0 aromatic carbocycles. The molecular weight excluding hydrogens is 332 g/mol. The van der Waals surface area contributed by atoms with Crippen LogP contribution in [0.4, 0.5) is 13.2 Å². The second-order valence-electron chi connectivity index (χ2n) is 5.56. The first-order chi connectivity index (χ1) is 12.0. The van der Waals surface area contributed by atoms with Crippen LogP contribution in [0.3, 0.4) is 0 Å². The molecule has 0 aliphatic carbocycles. The van der Waals surface area contributed by atoms with Gasteiger partial charge in [-0.3, -0.25) is 4.98 Å². The Hall–Kier alpha value is -2.37. The van der Waals surface area contributed by atoms with E-state index in [4.69, 9.17) is 9.78 Å². The van der Waals surface area contributed by atoms with Crippen molar-refractivity contribution in [2.75, 3.05) is 0 Å². The molecule has 1 aliphatic heterocycles. The van der Waals surface area contributed by atoms with Gasteiger partial charge in [0.15, 0.2) is 0 Å². The summed E-state index contributed by atoms with van der Waals surface area (Å²) < 4.78 is 42.7. The predicted molar refractivity (Wildman–Crippen MR) is 86.8 cm³/mol. The van der Waals surface area contributed by atoms with E-state index in [9.17, 15) is 13.2 Å². The Bertz CT molecular complexity index is 716. The molecule has 0 amide bonds. The van der Waals surface area contributed by atoms with E-state index >= 15 is 0 Å². The Balaban J connectivity index is 0.00000109. The second-order valence-corrected chi connectivity index (χ2v) is 5.56. The van der Waals surface area contributed by atoms with Gasteiger partial charge in [0.1, 0.15) is 5.69 Å². The standard InChI is InChI=1S/C14H12BF3N4O.C2H6/c16-14(17,18)11-2-1-10(7-20-11)12-21-13(23-22-12)9-3-5-15(8-19)6-4-9;1-2/h1-2,7,9H,3-6H2;1-2H3. The van der Waals surface area contributed by atoms with Gasteiger partial charge in [0.2, 0.25) is 11.7 Å². The van der Waals surface area contributed by atoms with Gasteiger partial charge in [-0.1, -0.05) is 31.6 Å². The van der Waals surface area contributed by atoms with E-state index < -0.39 is 11.9 Å². The van der Waals surface area contributed by atoms with E-state index in [1.807, 2.05) is 13.8 Å². The second kappa shape index (κ2) is 8.14. The van der Waals surface area contributed by atoms with E-state index in [1.165, 1.54) is 6.07 Å². The fourth-order valence-electron chi connectivity index (χ4n) is 2.68. The summed E-state index contributed by atoms with van der Waals surface area (Å²) in [5.74, 6) is 3.05. The van der Waals surface area contributed by atoms with Gasteiger partial charge in [-0.2, -0.15) is 18.2 Å². The summed E-state index contributed by atoms with van der Waals surface area (Å²) in [7, 11) is 0. The molecule has 25 heavy (non-hydrogen) atoms. The average molecular weight is 350 g/mol. The summed E-state index contributed by atoms with van der Waals surface area (Å²) >= 11 is 0. The van der Waals surface area contributed by atoms with Gasteiger partial charge in [0, 0.05) is 23.6 Å². The van der Waals surface area contributed by atoms with Gasteiger partial charge in [-0.05, 0) is 25.0 Å². The van der Waals surface area contributed by atoms with Gasteiger partial charge in [-0.15, -0.1) is 0 Å². The predicted octanol–water partition coefficient (Wildman–Crippen LogP) is 4.61. The smallest absolute Gasteiger partial charge is 0.339 e. The number of halogens is 3. The van der Waals surface area contributed by atoms with Gasteiger partial charge >= 0.3 is 6.18 Å². The summed E-state index contributed by atoms with van der Waals surface area (Å²) in [4.78, 5) is 7.65. The molecule has 5 nitrogen and oxygen atoms in total. The molecule has 0 radical (unpaired) electrons. The van der Waals surface area contributed by atoms with Gasteiger partial charge in [-0.25, -0.2) is 5.26 Å². The largest absolute Gasteiger partial charge is 0.433 e. The molecule has 0 unspecified atom stereocenters. The third-order valence-electron chi connectivity index (χ3n) is 4.01. The van der Waals surface area contributed by atoms with E-state index in [-0.39, 0.29) is 18.5 Å². The van der Waals surface area contributed by atoms with Crippen LogP contribution in [-0.2, 0) is 6.18 Å². The number of aromatic nitrogens is 3. The number of hydrogen-bond donors (Lipinski definition) is 0. The SMILES string of the molecule is CC.N#CB1CCC(c2nc(-c3ccc(C(F)(F)F)nc3)no2)CC1. The number of alkyl halides is 3. The van der Waals surface area contributed by atoms with Gasteiger partial charge in [0.25, 0.3) is 6.71 Å². The van der Waals surface area contributed by atoms with Crippen LogP contribution in [0.1, 0.15) is 44.2 Å². The zero-order chi connectivity index (χ0) is 18.4. The van der Waals surface area contributed by atoms with Crippen LogP contribution in [0.5, 0.6) is 0 Å². The molecule has 0 N–H and O–H groups in total. The summed E-state index contributed by atoms with van der Waals surface area (Å²) in [6, 6.07) is 2.17. The highest BCUT2D eigenvalue weighted by molar-refractivity contribution is 6.67. The number of nitrogens with zero attached hydrogens (tertiary/aromatic N) is 4. The molecule has 132 valence electrons. The maximum atomic E-state index is 12.5. The zero-order valence-corrected chi connectivity index (χ0v) is 14.0. The van der Waals surface area contributed by atoms with Crippen LogP contribution in [0, 0.1) is 11.2 Å². The third-order valence-corrected chi connectivity index (χ3v) is 4.01. The van der Waals surface area contributed by atoms with Crippen LogP contribution in [0.25, 0.3) is 11.4 Å². The zero-order valence-electron chi connectivity index (χ0n) is 14.0. The molecule has 0 bridgehead atoms. The first kappa shape index (κ1) is 19.0. The molecule has 1 aliphatic rings. The quantitative estimate of drug-likeness (QED) is 0.739. The molecule has 1 saturated heterocycles. The normalized spacial score (nSPS) is 15.3. The van der Waals surface area contributed by atoms with Crippen LogP contribution < -0.4 is 0 Å². The highest BCUT2D eigenvalue weighted by Crippen LogP contribution is 2.33. The summed E-state index contributed by atoms with van der Waals surface area (Å²) in [5, 5.41) is 12.7. The lowest BCUT2D eigenvalue weighted by Gasteiger charge is -2.19. The van der Waals surface area contributed by atoms with Crippen molar-refractivity contribution in [3.63, 3.8) is 0 Å². The van der Waals surface area contributed by atoms with E-state index in [1.54, 1.807) is 0 Å². The maximum Gasteiger partial charge on any atom is 0.433 e. The molecule has 2 aromatic heterocycles. The van der Waals surface area contributed by atoms with Crippen LogP contribution in [0.15, 0.2) is 22.9 Å². The minimum atomic E-state index is -4.47. The van der Waals surface area contributed by atoms with Crippen molar-refractivity contribution < 1.29 is 17.7 Å². The summed E-state index contributed by atoms with van der Waals surface area (Å²) in [6.07, 6.45) is -0.206. The Labute approximate surface area is 144 Å². The van der Waals surface area contributed by atoms with Crippen molar-refractivity contribution in [2.24, 2.45) is 0 Å². The highest BCUT2D eigenvalue weighted by atomic mass is 19.4. The maximum absolute atomic E-state index is 12.5. The minimum Gasteiger partial charge on any atom is -0.339 e. The topological polar surface area (TPSA) is 75.6 Å². The number of nitriles is 1. The molecular formula is C16H18BF3N4O. The Morgan fingerprint density at radius 3 is 2.44 bits per heavy atom. The third kappa shape index (κ3) is 4.59. The molecule has 0 saturated carbocycles. The van der Waals surface area contributed by atoms with Crippen molar-refractivity contribution >= 4 is 6.71 Å². The molecule has 3 heterocycles. The molecule has 0 atom stereocenters. The average Bonchev–Trinajstić information content (AvgIpc) is 3.13. The Morgan fingerprint density at radius 2 is 1.92 bits per heavy atom. The van der Waals surface area contributed by atoms with Gasteiger partial charge in [0.05, 0.1) is 0 Å². The number of rotatable bonds is 2. The highest BCUT2D eigenvalue weighted by Gasteiger charge is 2.32. The van der Waals surface area contributed by atoms with Gasteiger partial charge < -0.3 is 4.52 Å². The Kier molecular flexibility index (Phi) is 6.18. The monoisotopic (exact) mass is 350 g/mol. The minimum absolute atomic E-state index is 0.0766. The molecule has 0 spiro atoms. The Morgan fingerprint density at radius 1 is 1.24 bits per heavy atom. The van der Waals surface area contributed by atoms with Crippen LogP contribution in [-0.4, -0.2) is 21.8 Å². The van der Waals surface area contributed by atoms with Crippen molar-refractivity contribution in [3.8, 4) is 17.4 Å². The van der Waals surface area contributed by atoms with Crippen molar-refractivity contribution in [1.82, 2.24) is 15.1 Å². The first-order valence-electron chi connectivity index (χ1n) is 8.24. The van der Waals surface area contributed by atoms with Crippen LogP contribution in [0.2, 0.25) is 12.6 Å². The molecule has 1 fully saturated rings. The number of pyridine rings is 1. The first-order valence-corrected chi connectivity index (χ1v) is 8.24. The lowest BCUT2D eigenvalue weighted by molar-refractivity contribution is -0.141. The van der Waals surface area contributed by atoms with E-state index in [0.29, 0.717) is 11.5 Å². The molecule has 2 aromatic rings. The summed E-state index contributed by atoms with van der Waals surface area (Å²) in [5.41, 5.74) is -0.585. The lowest BCUT2D eigenvalue weighted by Crippen LogP contribution is -2.19. The van der Waals surface area contributed by atoms with Crippen molar-refractivity contribution in [3.05, 3.63) is 29.9 Å². The summed E-state index contributed by atoms with van der Waals surface area (Å²) in [6.45, 7) is 4.08. The fraction of sp³-hybridized carbons (Fsp3) is 0.500. The van der Waals surface area contributed by atoms with Crippen molar-refractivity contribution in [1.29, 1.82) is 5.26 Å². The van der Waals surface area contributed by atoms with Crippen molar-refractivity contribution in [2.45, 2.75) is 51.4 Å². The van der Waals surface area contributed by atoms with E-state index in [2.05, 4.69) is 21.1 Å². The fourth-order valence-corrected chi connectivity index (χ4v) is 2.68. The number of hydrogen-bond acceptors (Lipinski definition) is 5.